The molecular weight excluding hydrogens is 242 g/mol. The van der Waals surface area contributed by atoms with E-state index in [1.807, 2.05) is 12.1 Å². The minimum atomic E-state index is 0.395. The quantitative estimate of drug-likeness (QED) is 0.795. The van der Waals surface area contributed by atoms with E-state index in [0.717, 1.165) is 10.9 Å². The van der Waals surface area contributed by atoms with E-state index < -0.39 is 0 Å². The molecule has 3 unspecified atom stereocenters. The van der Waals surface area contributed by atoms with Crippen molar-refractivity contribution < 1.29 is 0 Å². The summed E-state index contributed by atoms with van der Waals surface area (Å²) in [5.41, 5.74) is 2.06. The molecule has 0 aliphatic heterocycles. The average Bonchev–Trinajstić information content (AvgIpc) is 2.78. The molecule has 2 bridgehead atoms. The van der Waals surface area contributed by atoms with Gasteiger partial charge in [-0.05, 0) is 60.3 Å². The molecule has 2 aliphatic carbocycles. The van der Waals surface area contributed by atoms with Crippen molar-refractivity contribution in [3.05, 3.63) is 29.3 Å². The highest BCUT2D eigenvalue weighted by atomic mass is 35.5. The van der Waals surface area contributed by atoms with Gasteiger partial charge >= 0.3 is 0 Å². The average molecular weight is 264 g/mol. The number of anilines is 1. The van der Waals surface area contributed by atoms with Gasteiger partial charge in [0.2, 0.25) is 0 Å². The summed E-state index contributed by atoms with van der Waals surface area (Å²) in [6, 6.07) is 8.69. The van der Waals surface area contributed by atoms with Crippen LogP contribution in [0.1, 0.15) is 40.0 Å². The molecule has 1 nitrogen and oxygen atoms in total. The van der Waals surface area contributed by atoms with Crippen LogP contribution in [0, 0.1) is 16.7 Å². The minimum absolute atomic E-state index is 0.395. The van der Waals surface area contributed by atoms with Gasteiger partial charge in [-0.25, -0.2) is 0 Å². The highest BCUT2D eigenvalue weighted by Crippen LogP contribution is 2.63. The van der Waals surface area contributed by atoms with E-state index in [1.165, 1.54) is 24.9 Å². The van der Waals surface area contributed by atoms with E-state index in [4.69, 9.17) is 11.6 Å². The topological polar surface area (TPSA) is 12.0 Å². The summed E-state index contributed by atoms with van der Waals surface area (Å²) >= 11 is 5.95. The molecule has 2 aliphatic rings. The van der Waals surface area contributed by atoms with Gasteiger partial charge in [-0.15, -0.1) is 0 Å². The molecule has 98 valence electrons. The maximum atomic E-state index is 5.95. The molecule has 2 heteroatoms. The van der Waals surface area contributed by atoms with Crippen LogP contribution in [0.3, 0.4) is 0 Å². The lowest BCUT2D eigenvalue weighted by atomic mass is 9.68. The molecule has 0 spiro atoms. The minimum Gasteiger partial charge on any atom is -0.381 e. The van der Waals surface area contributed by atoms with Crippen LogP contribution in [0.4, 0.5) is 5.69 Å². The molecule has 1 aromatic rings. The molecule has 0 heterocycles. The Morgan fingerprint density at radius 3 is 2.39 bits per heavy atom. The lowest BCUT2D eigenvalue weighted by molar-refractivity contribution is 0.155. The Labute approximate surface area is 115 Å². The van der Waals surface area contributed by atoms with Crippen LogP contribution in [-0.4, -0.2) is 6.04 Å². The van der Waals surface area contributed by atoms with Crippen molar-refractivity contribution in [2.75, 3.05) is 5.32 Å². The maximum absolute atomic E-state index is 5.95. The summed E-state index contributed by atoms with van der Waals surface area (Å²) in [7, 11) is 0. The van der Waals surface area contributed by atoms with Crippen molar-refractivity contribution in [3.63, 3.8) is 0 Å². The number of halogens is 1. The van der Waals surface area contributed by atoms with Gasteiger partial charge in [0.05, 0.1) is 0 Å². The summed E-state index contributed by atoms with van der Waals surface area (Å²) in [4.78, 5) is 0. The molecule has 3 rings (SSSR count). The predicted octanol–water partition coefficient (Wildman–Crippen LogP) is 4.97. The molecule has 0 radical (unpaired) electrons. The second kappa shape index (κ2) is 3.90. The van der Waals surface area contributed by atoms with Gasteiger partial charge in [0.25, 0.3) is 0 Å². The lowest BCUT2D eigenvalue weighted by Gasteiger charge is -2.43. The van der Waals surface area contributed by atoms with Crippen LogP contribution in [0.25, 0.3) is 0 Å². The number of benzene rings is 1. The van der Waals surface area contributed by atoms with Crippen LogP contribution < -0.4 is 5.32 Å². The monoisotopic (exact) mass is 263 g/mol. The summed E-state index contributed by atoms with van der Waals surface area (Å²) in [5, 5.41) is 4.58. The Hall–Kier alpha value is -0.690. The van der Waals surface area contributed by atoms with Crippen molar-refractivity contribution in [3.8, 4) is 0 Å². The van der Waals surface area contributed by atoms with Crippen molar-refractivity contribution in [1.29, 1.82) is 0 Å². The molecule has 2 fully saturated rings. The van der Waals surface area contributed by atoms with Crippen LogP contribution in [0.15, 0.2) is 24.3 Å². The molecule has 0 aromatic heterocycles. The SMILES string of the molecule is CC12CCC(C1)C(C)(C)C2Nc1ccc(Cl)cc1. The highest BCUT2D eigenvalue weighted by molar-refractivity contribution is 6.30. The first-order chi connectivity index (χ1) is 8.42. The standard InChI is InChI=1S/C16H22ClN/c1-15(2)11-8-9-16(3,10-11)14(15)18-13-6-4-12(17)5-7-13/h4-7,11,14,18H,8-10H2,1-3H3. The fourth-order valence-electron chi connectivity index (χ4n) is 4.38. The van der Waals surface area contributed by atoms with Crippen molar-refractivity contribution >= 4 is 17.3 Å². The van der Waals surface area contributed by atoms with Gasteiger partial charge in [-0.2, -0.15) is 0 Å². The normalized spacial score (nSPS) is 36.9. The van der Waals surface area contributed by atoms with E-state index >= 15 is 0 Å². The number of hydrogen-bond acceptors (Lipinski definition) is 1. The van der Waals surface area contributed by atoms with Crippen LogP contribution >= 0.6 is 11.6 Å². The Bertz CT molecular complexity index is 446. The molecule has 1 N–H and O–H groups in total. The molecule has 0 saturated heterocycles. The second-order valence-electron chi connectivity index (χ2n) is 7.00. The summed E-state index contributed by atoms with van der Waals surface area (Å²) in [6.45, 7) is 7.31. The van der Waals surface area contributed by atoms with Crippen molar-refractivity contribution in [1.82, 2.24) is 0 Å². The Morgan fingerprint density at radius 1 is 1.17 bits per heavy atom. The number of hydrogen-bond donors (Lipinski definition) is 1. The van der Waals surface area contributed by atoms with Gasteiger partial charge in [0, 0.05) is 16.8 Å². The first-order valence-corrected chi connectivity index (χ1v) is 7.32. The Morgan fingerprint density at radius 2 is 1.83 bits per heavy atom. The smallest absolute Gasteiger partial charge is 0.0407 e. The van der Waals surface area contributed by atoms with Crippen LogP contribution in [0.2, 0.25) is 5.02 Å². The zero-order valence-corrected chi connectivity index (χ0v) is 12.2. The third-order valence-corrected chi connectivity index (χ3v) is 5.68. The van der Waals surface area contributed by atoms with E-state index in [-0.39, 0.29) is 0 Å². The number of rotatable bonds is 2. The summed E-state index contributed by atoms with van der Waals surface area (Å²) in [6.07, 6.45) is 4.15. The highest BCUT2D eigenvalue weighted by Gasteiger charge is 2.59. The molecule has 3 atom stereocenters. The maximum Gasteiger partial charge on any atom is 0.0407 e. The molecule has 0 amide bonds. The zero-order chi connectivity index (χ0) is 13.0. The lowest BCUT2D eigenvalue weighted by Crippen LogP contribution is -2.45. The van der Waals surface area contributed by atoms with E-state index in [1.54, 1.807) is 0 Å². The van der Waals surface area contributed by atoms with Gasteiger partial charge in [0.1, 0.15) is 0 Å². The fraction of sp³-hybridized carbons (Fsp3) is 0.625. The predicted molar refractivity (Wildman–Crippen MR) is 78.1 cm³/mol. The Balaban J connectivity index is 1.86. The molecule has 2 saturated carbocycles. The van der Waals surface area contributed by atoms with E-state index in [2.05, 4.69) is 38.2 Å². The zero-order valence-electron chi connectivity index (χ0n) is 11.5. The second-order valence-corrected chi connectivity index (χ2v) is 7.44. The van der Waals surface area contributed by atoms with Gasteiger partial charge < -0.3 is 5.32 Å². The first-order valence-electron chi connectivity index (χ1n) is 6.94. The summed E-state index contributed by atoms with van der Waals surface area (Å²) in [5.74, 6) is 0.882. The van der Waals surface area contributed by atoms with Crippen molar-refractivity contribution in [2.45, 2.75) is 46.1 Å². The fourth-order valence-corrected chi connectivity index (χ4v) is 4.50. The Kier molecular flexibility index (Phi) is 2.68. The van der Waals surface area contributed by atoms with Crippen molar-refractivity contribution in [2.24, 2.45) is 16.7 Å². The summed E-state index contributed by atoms with van der Waals surface area (Å²) < 4.78 is 0. The molecular formula is C16H22ClN. The van der Waals surface area contributed by atoms with Crippen LogP contribution in [-0.2, 0) is 0 Å². The van der Waals surface area contributed by atoms with E-state index in [9.17, 15) is 0 Å². The number of nitrogens with one attached hydrogen (secondary N) is 1. The van der Waals surface area contributed by atoms with Gasteiger partial charge in [-0.3, -0.25) is 0 Å². The van der Waals surface area contributed by atoms with Crippen LogP contribution in [0.5, 0.6) is 0 Å². The first kappa shape index (κ1) is 12.3. The third-order valence-electron chi connectivity index (χ3n) is 5.42. The largest absolute Gasteiger partial charge is 0.381 e. The number of fused-ring (bicyclic) bond motifs is 2. The third kappa shape index (κ3) is 1.75. The molecule has 1 aromatic carbocycles. The van der Waals surface area contributed by atoms with E-state index in [0.29, 0.717) is 16.9 Å². The molecule has 18 heavy (non-hydrogen) atoms. The van der Waals surface area contributed by atoms with Gasteiger partial charge in [0.15, 0.2) is 0 Å². The van der Waals surface area contributed by atoms with Gasteiger partial charge in [-0.1, -0.05) is 32.4 Å².